The summed E-state index contributed by atoms with van der Waals surface area (Å²) in [5.41, 5.74) is 2.91. The van der Waals surface area contributed by atoms with Crippen LogP contribution in [-0.4, -0.2) is 55.0 Å². The number of likely N-dealkylation sites (N-methyl/N-ethyl adjacent to an activating group) is 1. The lowest BCUT2D eigenvalue weighted by Gasteiger charge is -2.27. The van der Waals surface area contributed by atoms with Gasteiger partial charge in [0.15, 0.2) is 0 Å². The average Bonchev–Trinajstić information content (AvgIpc) is 3.05. The molecule has 0 bridgehead atoms. The molecule has 0 unspecified atom stereocenters. The highest BCUT2D eigenvalue weighted by Gasteiger charge is 2.21. The van der Waals surface area contributed by atoms with Gasteiger partial charge in [0, 0.05) is 31.6 Å². The van der Waals surface area contributed by atoms with Crippen molar-refractivity contribution < 1.29 is 4.79 Å². The van der Waals surface area contributed by atoms with Gasteiger partial charge in [-0.05, 0) is 55.6 Å². The number of amides is 1. The number of hydrogen-bond donors (Lipinski definition) is 0. The summed E-state index contributed by atoms with van der Waals surface area (Å²) in [6.07, 6.45) is 1.05. The number of anilines is 1. The van der Waals surface area contributed by atoms with E-state index >= 15 is 0 Å². The van der Waals surface area contributed by atoms with Crippen LogP contribution in [0.3, 0.4) is 0 Å². The number of fused-ring (bicyclic) bond motifs is 1. The number of carbonyl (C=O) groups is 1. The Balaban J connectivity index is 1.38. The molecule has 164 valence electrons. The van der Waals surface area contributed by atoms with Crippen molar-refractivity contribution in [1.29, 1.82) is 5.26 Å². The van der Waals surface area contributed by atoms with E-state index in [9.17, 15) is 4.79 Å². The van der Waals surface area contributed by atoms with E-state index in [1.807, 2.05) is 60.4 Å². The van der Waals surface area contributed by atoms with Gasteiger partial charge < -0.3 is 4.90 Å². The van der Waals surface area contributed by atoms with Crippen molar-refractivity contribution in [1.82, 2.24) is 9.80 Å². The zero-order valence-electron chi connectivity index (χ0n) is 18.7. The molecule has 3 aromatic carbocycles. The largest absolute Gasteiger partial charge is 0.311 e. The van der Waals surface area contributed by atoms with Crippen LogP contribution in [0.4, 0.5) is 5.69 Å². The maximum Gasteiger partial charge on any atom is 0.241 e. The molecule has 32 heavy (non-hydrogen) atoms. The predicted molar refractivity (Wildman–Crippen MR) is 129 cm³/mol. The minimum absolute atomic E-state index is 0.157. The van der Waals surface area contributed by atoms with Crippen molar-refractivity contribution in [3.05, 3.63) is 77.9 Å². The number of benzene rings is 3. The van der Waals surface area contributed by atoms with Gasteiger partial charge in [0.1, 0.15) is 0 Å². The van der Waals surface area contributed by atoms with Crippen LogP contribution in [0.1, 0.15) is 24.5 Å². The highest BCUT2D eigenvalue weighted by molar-refractivity contribution is 6.04. The molecule has 1 amide bonds. The molecule has 1 heterocycles. The van der Waals surface area contributed by atoms with Gasteiger partial charge in [-0.1, -0.05) is 48.5 Å². The van der Waals surface area contributed by atoms with E-state index in [0.29, 0.717) is 18.7 Å². The number of nitrogens with zero attached hydrogens (tertiary/aromatic N) is 4. The van der Waals surface area contributed by atoms with Crippen molar-refractivity contribution in [3.8, 4) is 6.07 Å². The summed E-state index contributed by atoms with van der Waals surface area (Å²) < 4.78 is 0. The van der Waals surface area contributed by atoms with E-state index in [-0.39, 0.29) is 5.91 Å². The molecule has 0 aromatic heterocycles. The third kappa shape index (κ3) is 5.16. The van der Waals surface area contributed by atoms with Crippen molar-refractivity contribution >= 4 is 22.4 Å². The molecule has 5 nitrogen and oxygen atoms in total. The van der Waals surface area contributed by atoms with E-state index in [2.05, 4.69) is 34.1 Å². The Morgan fingerprint density at radius 2 is 1.66 bits per heavy atom. The van der Waals surface area contributed by atoms with Crippen LogP contribution in [0.25, 0.3) is 10.8 Å². The van der Waals surface area contributed by atoms with Crippen LogP contribution in [0.2, 0.25) is 0 Å². The van der Waals surface area contributed by atoms with Crippen LogP contribution < -0.4 is 4.90 Å². The molecule has 0 radical (unpaired) electrons. The fraction of sp³-hybridized carbons (Fsp3) is 0.333. The minimum Gasteiger partial charge on any atom is -0.311 e. The summed E-state index contributed by atoms with van der Waals surface area (Å²) in [6.45, 7) is 7.80. The number of nitriles is 1. The first-order chi connectivity index (χ1) is 15.7. The Hall–Kier alpha value is -3.20. The van der Waals surface area contributed by atoms with Crippen LogP contribution in [-0.2, 0) is 11.3 Å². The van der Waals surface area contributed by atoms with Crippen LogP contribution in [0, 0.1) is 11.3 Å². The molecular weight excluding hydrogens is 396 g/mol. The molecule has 5 heteroatoms. The first-order valence-electron chi connectivity index (χ1n) is 11.4. The Kier molecular flexibility index (Phi) is 7.16. The fourth-order valence-electron chi connectivity index (χ4n) is 4.48. The number of rotatable bonds is 6. The van der Waals surface area contributed by atoms with Gasteiger partial charge in [0.2, 0.25) is 5.91 Å². The van der Waals surface area contributed by atoms with Gasteiger partial charge in [-0.15, -0.1) is 0 Å². The van der Waals surface area contributed by atoms with Gasteiger partial charge >= 0.3 is 0 Å². The Bertz CT molecular complexity index is 1100. The van der Waals surface area contributed by atoms with Crippen LogP contribution >= 0.6 is 0 Å². The maximum absolute atomic E-state index is 13.3. The summed E-state index contributed by atoms with van der Waals surface area (Å²) >= 11 is 0. The van der Waals surface area contributed by atoms with Crippen molar-refractivity contribution in [2.24, 2.45) is 0 Å². The standard InChI is InChI=1S/C27H30N4O/c1-2-31(26-10-5-8-24-7-3-4-9-25(24)26)27(32)21-30-16-6-15-29(17-18-30)20-23-13-11-22(19-28)12-14-23/h3-5,7-14H,2,6,15-18,20-21H2,1H3. The van der Waals surface area contributed by atoms with Gasteiger partial charge in [0.05, 0.1) is 23.9 Å². The normalized spacial score (nSPS) is 15.2. The van der Waals surface area contributed by atoms with Crippen molar-refractivity contribution in [2.75, 3.05) is 44.2 Å². The molecule has 0 aliphatic carbocycles. The maximum atomic E-state index is 13.3. The van der Waals surface area contributed by atoms with Gasteiger partial charge in [-0.3, -0.25) is 14.6 Å². The fourth-order valence-corrected chi connectivity index (χ4v) is 4.48. The van der Waals surface area contributed by atoms with Crippen molar-refractivity contribution in [3.63, 3.8) is 0 Å². The summed E-state index contributed by atoms with van der Waals surface area (Å²) in [5, 5.41) is 11.2. The summed E-state index contributed by atoms with van der Waals surface area (Å²) in [4.78, 5) is 19.9. The molecular formula is C27H30N4O. The summed E-state index contributed by atoms with van der Waals surface area (Å²) in [7, 11) is 0. The quantitative estimate of drug-likeness (QED) is 0.591. The van der Waals surface area contributed by atoms with E-state index in [0.717, 1.165) is 55.6 Å². The molecule has 0 atom stereocenters. The predicted octanol–water partition coefficient (Wildman–Crippen LogP) is 4.27. The molecule has 0 N–H and O–H groups in total. The van der Waals surface area contributed by atoms with Gasteiger partial charge in [-0.25, -0.2) is 0 Å². The minimum atomic E-state index is 0.157. The number of hydrogen-bond acceptors (Lipinski definition) is 4. The molecule has 1 aliphatic heterocycles. The molecule has 1 fully saturated rings. The molecule has 0 saturated carbocycles. The molecule has 3 aromatic rings. The Labute approximate surface area is 190 Å². The van der Waals surface area contributed by atoms with Gasteiger partial charge in [0.25, 0.3) is 0 Å². The first-order valence-corrected chi connectivity index (χ1v) is 11.4. The summed E-state index contributed by atoms with van der Waals surface area (Å²) in [6, 6.07) is 24.4. The van der Waals surface area contributed by atoms with Crippen molar-refractivity contribution in [2.45, 2.75) is 19.9 Å². The third-order valence-corrected chi connectivity index (χ3v) is 6.20. The molecule has 0 spiro atoms. The zero-order valence-corrected chi connectivity index (χ0v) is 18.7. The Morgan fingerprint density at radius 1 is 0.938 bits per heavy atom. The lowest BCUT2D eigenvalue weighted by Crippen LogP contribution is -2.42. The molecule has 1 aliphatic rings. The average molecular weight is 427 g/mol. The summed E-state index contributed by atoms with van der Waals surface area (Å²) in [5.74, 6) is 0.157. The SMILES string of the molecule is CCN(C(=O)CN1CCCN(Cc2ccc(C#N)cc2)CC1)c1cccc2ccccc12. The highest BCUT2D eigenvalue weighted by atomic mass is 16.2. The third-order valence-electron chi connectivity index (χ3n) is 6.20. The zero-order chi connectivity index (χ0) is 22.3. The Morgan fingerprint density at radius 3 is 2.44 bits per heavy atom. The van der Waals surface area contributed by atoms with E-state index < -0.39 is 0 Å². The lowest BCUT2D eigenvalue weighted by atomic mass is 10.1. The van der Waals surface area contributed by atoms with E-state index in [1.165, 1.54) is 5.56 Å². The molecule has 4 rings (SSSR count). The van der Waals surface area contributed by atoms with E-state index in [4.69, 9.17) is 5.26 Å². The van der Waals surface area contributed by atoms with Crippen LogP contribution in [0.15, 0.2) is 66.7 Å². The number of carbonyl (C=O) groups excluding carboxylic acids is 1. The highest BCUT2D eigenvalue weighted by Crippen LogP contribution is 2.27. The van der Waals surface area contributed by atoms with E-state index in [1.54, 1.807) is 0 Å². The first kappa shape index (κ1) is 22.0. The topological polar surface area (TPSA) is 50.6 Å². The van der Waals surface area contributed by atoms with Crippen LogP contribution in [0.5, 0.6) is 0 Å². The second-order valence-electron chi connectivity index (χ2n) is 8.35. The second-order valence-corrected chi connectivity index (χ2v) is 8.35. The molecule has 1 saturated heterocycles. The lowest BCUT2D eigenvalue weighted by molar-refractivity contribution is -0.119. The monoisotopic (exact) mass is 426 g/mol. The van der Waals surface area contributed by atoms with Gasteiger partial charge in [-0.2, -0.15) is 5.26 Å². The second kappa shape index (κ2) is 10.4. The smallest absolute Gasteiger partial charge is 0.241 e.